The van der Waals surface area contributed by atoms with Gasteiger partial charge < -0.3 is 9.64 Å². The predicted molar refractivity (Wildman–Crippen MR) is 113 cm³/mol. The van der Waals surface area contributed by atoms with E-state index in [1.54, 1.807) is 10.7 Å². The van der Waals surface area contributed by atoms with Crippen LogP contribution < -0.4 is 5.56 Å². The maximum absolute atomic E-state index is 14.0. The first-order valence-electron chi connectivity index (χ1n) is 11.2. The largest absolute Gasteiger partial charge is 0.381 e. The zero-order chi connectivity index (χ0) is 20.6. The van der Waals surface area contributed by atoms with Crippen molar-refractivity contribution in [2.45, 2.75) is 62.4 Å². The van der Waals surface area contributed by atoms with E-state index >= 15 is 0 Å². The fourth-order valence-electron chi connectivity index (χ4n) is 5.06. The molecule has 3 heterocycles. The smallest absolute Gasteiger partial charge is 0.266 e. The quantitative estimate of drug-likeness (QED) is 0.765. The molecule has 6 heteroatoms. The molecule has 1 unspecified atom stereocenters. The van der Waals surface area contributed by atoms with Crippen molar-refractivity contribution < 1.29 is 9.53 Å². The summed E-state index contributed by atoms with van der Waals surface area (Å²) in [4.78, 5) is 28.4. The molecular formula is C24H29N3O3. The second-order valence-electron chi connectivity index (χ2n) is 8.91. The van der Waals surface area contributed by atoms with Crippen LogP contribution in [0.5, 0.6) is 0 Å². The van der Waals surface area contributed by atoms with Gasteiger partial charge in [-0.2, -0.15) is 5.10 Å². The Morgan fingerprint density at radius 3 is 2.57 bits per heavy atom. The SMILES string of the molecule is O=C(N1CCCC1Cn1nc(C2CC2)ccc1=O)C1(c2ccccc2)CCOCC1. The topological polar surface area (TPSA) is 64.4 Å². The Balaban J connectivity index is 1.42. The van der Waals surface area contributed by atoms with Crippen LogP contribution in [0.1, 0.15) is 55.7 Å². The molecule has 1 aliphatic carbocycles. The fraction of sp³-hybridized carbons (Fsp3) is 0.542. The molecule has 158 valence electrons. The van der Waals surface area contributed by atoms with Crippen molar-refractivity contribution in [3.05, 3.63) is 64.1 Å². The average Bonchev–Trinajstić information content (AvgIpc) is 3.54. The van der Waals surface area contributed by atoms with Gasteiger partial charge in [-0.15, -0.1) is 0 Å². The summed E-state index contributed by atoms with van der Waals surface area (Å²) in [5.74, 6) is 0.688. The van der Waals surface area contributed by atoms with Gasteiger partial charge in [0.05, 0.1) is 23.7 Å². The standard InChI is InChI=1S/C24H29N3O3/c28-22-11-10-21(18-8-9-18)25-27(22)17-20-7-4-14-26(20)23(29)24(12-15-30-16-13-24)19-5-2-1-3-6-19/h1-3,5-6,10-11,18,20H,4,7-9,12-17H2. The van der Waals surface area contributed by atoms with E-state index in [-0.39, 0.29) is 17.5 Å². The molecular weight excluding hydrogens is 378 g/mol. The minimum absolute atomic E-state index is 0.0144. The Bertz CT molecular complexity index is 961. The maximum atomic E-state index is 14.0. The highest BCUT2D eigenvalue weighted by Gasteiger charge is 2.46. The normalized spacial score (nSPS) is 23.5. The third-order valence-electron chi connectivity index (χ3n) is 6.99. The van der Waals surface area contributed by atoms with Crippen LogP contribution >= 0.6 is 0 Å². The lowest BCUT2D eigenvalue weighted by Gasteiger charge is -2.40. The third kappa shape index (κ3) is 3.58. The average molecular weight is 408 g/mol. The zero-order valence-corrected chi connectivity index (χ0v) is 17.3. The maximum Gasteiger partial charge on any atom is 0.266 e. The Morgan fingerprint density at radius 2 is 1.83 bits per heavy atom. The van der Waals surface area contributed by atoms with Crippen LogP contribution in [0, 0.1) is 0 Å². The Kier molecular flexibility index (Phi) is 5.19. The summed E-state index contributed by atoms with van der Waals surface area (Å²) in [6.07, 6.45) is 5.59. The lowest BCUT2D eigenvalue weighted by molar-refractivity contribution is -0.142. The van der Waals surface area contributed by atoms with Gasteiger partial charge in [0.1, 0.15) is 0 Å². The Labute approximate surface area is 176 Å². The van der Waals surface area contributed by atoms with E-state index in [1.165, 1.54) is 0 Å². The van der Waals surface area contributed by atoms with E-state index in [9.17, 15) is 9.59 Å². The molecule has 3 fully saturated rings. The summed E-state index contributed by atoms with van der Waals surface area (Å²) in [5, 5.41) is 4.63. The Morgan fingerprint density at radius 1 is 1.07 bits per heavy atom. The number of carbonyl (C=O) groups excluding carboxylic acids is 1. The molecule has 1 saturated carbocycles. The minimum atomic E-state index is -0.531. The van der Waals surface area contributed by atoms with Gasteiger partial charge in [-0.25, -0.2) is 4.68 Å². The van der Waals surface area contributed by atoms with E-state index in [0.29, 0.717) is 38.5 Å². The number of amides is 1. The van der Waals surface area contributed by atoms with E-state index in [2.05, 4.69) is 17.2 Å². The van der Waals surface area contributed by atoms with Crippen LogP contribution in [-0.2, 0) is 21.5 Å². The number of ether oxygens (including phenoxy) is 1. The van der Waals surface area contributed by atoms with Crippen LogP contribution in [0.2, 0.25) is 0 Å². The van der Waals surface area contributed by atoms with Crippen LogP contribution in [-0.4, -0.2) is 46.4 Å². The van der Waals surface area contributed by atoms with Crippen molar-refractivity contribution >= 4 is 5.91 Å². The number of rotatable bonds is 5. The summed E-state index contributed by atoms with van der Waals surface area (Å²) in [6.45, 7) is 2.43. The van der Waals surface area contributed by atoms with Gasteiger partial charge in [0.15, 0.2) is 0 Å². The second-order valence-corrected chi connectivity index (χ2v) is 8.91. The minimum Gasteiger partial charge on any atom is -0.381 e. The van der Waals surface area contributed by atoms with Gasteiger partial charge in [-0.1, -0.05) is 30.3 Å². The number of hydrogen-bond donors (Lipinski definition) is 0. The van der Waals surface area contributed by atoms with Gasteiger partial charge in [0, 0.05) is 31.7 Å². The molecule has 2 aliphatic heterocycles. The first-order chi connectivity index (χ1) is 14.7. The lowest BCUT2D eigenvalue weighted by atomic mass is 9.73. The number of likely N-dealkylation sites (tertiary alicyclic amines) is 1. The molecule has 3 aliphatic rings. The van der Waals surface area contributed by atoms with Crippen molar-refractivity contribution in [1.29, 1.82) is 0 Å². The first kappa shape index (κ1) is 19.5. The number of aromatic nitrogens is 2. The second kappa shape index (κ2) is 7.99. The Hall–Kier alpha value is -2.47. The fourth-order valence-corrected chi connectivity index (χ4v) is 5.06. The summed E-state index contributed by atoms with van der Waals surface area (Å²) in [5.41, 5.74) is 1.48. The van der Waals surface area contributed by atoms with Gasteiger partial charge in [0.25, 0.3) is 5.56 Å². The zero-order valence-electron chi connectivity index (χ0n) is 17.3. The highest BCUT2D eigenvalue weighted by atomic mass is 16.5. The highest BCUT2D eigenvalue weighted by Crippen LogP contribution is 2.39. The molecule has 0 bridgehead atoms. The van der Waals surface area contributed by atoms with E-state index in [4.69, 9.17) is 4.74 Å². The van der Waals surface area contributed by atoms with Crippen LogP contribution in [0.25, 0.3) is 0 Å². The van der Waals surface area contributed by atoms with Gasteiger partial charge >= 0.3 is 0 Å². The lowest BCUT2D eigenvalue weighted by Crippen LogP contribution is -2.52. The van der Waals surface area contributed by atoms with E-state index in [0.717, 1.165) is 43.5 Å². The molecule has 5 rings (SSSR count). The van der Waals surface area contributed by atoms with Crippen molar-refractivity contribution in [3.63, 3.8) is 0 Å². The van der Waals surface area contributed by atoms with Crippen LogP contribution in [0.4, 0.5) is 0 Å². The van der Waals surface area contributed by atoms with Crippen molar-refractivity contribution in [2.75, 3.05) is 19.8 Å². The van der Waals surface area contributed by atoms with E-state index < -0.39 is 5.41 Å². The van der Waals surface area contributed by atoms with E-state index in [1.807, 2.05) is 29.2 Å². The molecule has 6 nitrogen and oxygen atoms in total. The molecule has 0 radical (unpaired) electrons. The molecule has 1 atom stereocenters. The van der Waals surface area contributed by atoms with Gasteiger partial charge in [0.2, 0.25) is 5.91 Å². The molecule has 0 spiro atoms. The monoisotopic (exact) mass is 407 g/mol. The summed E-state index contributed by atoms with van der Waals surface area (Å²) < 4.78 is 7.20. The summed E-state index contributed by atoms with van der Waals surface area (Å²) in [6, 6.07) is 13.7. The predicted octanol–water partition coefficient (Wildman–Crippen LogP) is 2.86. The van der Waals surface area contributed by atoms with Gasteiger partial charge in [-0.05, 0) is 50.2 Å². The molecule has 2 aromatic rings. The highest BCUT2D eigenvalue weighted by molar-refractivity contribution is 5.89. The van der Waals surface area contributed by atoms with Crippen molar-refractivity contribution in [2.24, 2.45) is 0 Å². The van der Waals surface area contributed by atoms with Crippen LogP contribution in [0.3, 0.4) is 0 Å². The van der Waals surface area contributed by atoms with Crippen molar-refractivity contribution in [1.82, 2.24) is 14.7 Å². The molecule has 1 amide bonds. The number of hydrogen-bond acceptors (Lipinski definition) is 4. The molecule has 1 aromatic carbocycles. The van der Waals surface area contributed by atoms with Crippen LogP contribution in [0.15, 0.2) is 47.3 Å². The summed E-state index contributed by atoms with van der Waals surface area (Å²) >= 11 is 0. The third-order valence-corrected chi connectivity index (χ3v) is 6.99. The number of benzene rings is 1. The molecule has 1 aromatic heterocycles. The molecule has 30 heavy (non-hydrogen) atoms. The summed E-state index contributed by atoms with van der Waals surface area (Å²) in [7, 11) is 0. The van der Waals surface area contributed by atoms with Crippen molar-refractivity contribution in [3.8, 4) is 0 Å². The van der Waals surface area contributed by atoms with Gasteiger partial charge in [-0.3, -0.25) is 9.59 Å². The molecule has 2 saturated heterocycles. The first-order valence-corrected chi connectivity index (χ1v) is 11.2. The molecule has 0 N–H and O–H groups in total. The number of nitrogens with zero attached hydrogens (tertiary/aromatic N) is 3. The number of carbonyl (C=O) groups is 1.